The second kappa shape index (κ2) is 5.46. The summed E-state index contributed by atoms with van der Waals surface area (Å²) >= 11 is 0. The van der Waals surface area contributed by atoms with E-state index in [0.717, 1.165) is 0 Å². The Labute approximate surface area is 125 Å². The molecule has 0 saturated carbocycles. The first-order valence-electron chi connectivity index (χ1n) is 7.20. The van der Waals surface area contributed by atoms with Gasteiger partial charge in [-0.2, -0.15) is 5.10 Å². The molecule has 0 bridgehead atoms. The van der Waals surface area contributed by atoms with Gasteiger partial charge in [-0.3, -0.25) is 4.68 Å². The predicted octanol–water partition coefficient (Wildman–Crippen LogP) is 1.31. The van der Waals surface area contributed by atoms with E-state index in [9.17, 15) is 4.79 Å². The van der Waals surface area contributed by atoms with E-state index in [1.807, 2.05) is 40.7 Å². The molecule has 7 heteroatoms. The zero-order chi connectivity index (χ0) is 15.8. The summed E-state index contributed by atoms with van der Waals surface area (Å²) in [4.78, 5) is 11.7. The monoisotopic (exact) mass is 294 g/mol. The minimum absolute atomic E-state index is 0.305. The molecule has 2 rings (SSSR count). The lowest BCUT2D eigenvalue weighted by Crippen LogP contribution is -2.41. The number of rotatable bonds is 4. The van der Waals surface area contributed by atoms with E-state index >= 15 is 0 Å². The molecule has 1 atom stereocenters. The second-order valence-electron chi connectivity index (χ2n) is 6.26. The molecule has 1 aromatic rings. The number of esters is 1. The van der Waals surface area contributed by atoms with Gasteiger partial charge in [0, 0.05) is 6.20 Å². The van der Waals surface area contributed by atoms with Gasteiger partial charge in [0.05, 0.1) is 23.9 Å². The van der Waals surface area contributed by atoms with E-state index in [2.05, 4.69) is 5.10 Å². The van der Waals surface area contributed by atoms with Gasteiger partial charge < -0.3 is 14.0 Å². The summed E-state index contributed by atoms with van der Waals surface area (Å²) in [5.41, 5.74) is -0.155. The molecule has 1 aliphatic rings. The first kappa shape index (κ1) is 16.0. The number of nitrogens with zero attached hydrogens (tertiary/aromatic N) is 2. The highest BCUT2D eigenvalue weighted by Gasteiger charge is 2.52. The van der Waals surface area contributed by atoms with Gasteiger partial charge in [0.25, 0.3) is 0 Å². The molecule has 0 spiro atoms. The summed E-state index contributed by atoms with van der Waals surface area (Å²) in [6.45, 7) is 9.89. The van der Waals surface area contributed by atoms with Crippen molar-refractivity contribution in [2.45, 2.75) is 58.3 Å². The Kier molecular flexibility index (Phi) is 4.17. The summed E-state index contributed by atoms with van der Waals surface area (Å²) in [6.07, 6.45) is 2.36. The van der Waals surface area contributed by atoms with E-state index in [0.29, 0.717) is 12.0 Å². The van der Waals surface area contributed by atoms with Gasteiger partial charge in [-0.25, -0.2) is 4.79 Å². The molecule has 0 aromatic carbocycles. The minimum atomic E-state index is -0.522. The average molecular weight is 294 g/mol. The number of carbonyl (C=O) groups excluding carboxylic acids is 1. The highest BCUT2D eigenvalue weighted by atomic mass is 16.7. The van der Waals surface area contributed by atoms with Crippen molar-refractivity contribution in [3.8, 4) is 0 Å². The largest absolute Gasteiger partial charge is 0.516 e. The Morgan fingerprint density at radius 1 is 1.38 bits per heavy atom. The highest BCUT2D eigenvalue weighted by Crippen LogP contribution is 2.36. The molecule has 1 saturated heterocycles. The second-order valence-corrected chi connectivity index (χ2v) is 6.26. The van der Waals surface area contributed by atoms with Crippen molar-refractivity contribution in [2.75, 3.05) is 7.11 Å². The van der Waals surface area contributed by atoms with E-state index in [-0.39, 0.29) is 5.97 Å². The van der Waals surface area contributed by atoms with Crippen LogP contribution in [0, 0.1) is 0 Å². The highest BCUT2D eigenvalue weighted by molar-refractivity contribution is 6.61. The normalized spacial score (nSPS) is 21.3. The molecule has 0 aliphatic carbocycles. The van der Waals surface area contributed by atoms with Gasteiger partial charge in [-0.1, -0.05) is 6.92 Å². The number of carbonyl (C=O) groups is 1. The van der Waals surface area contributed by atoms with Gasteiger partial charge in [0.1, 0.15) is 6.04 Å². The fraction of sp³-hybridized carbons (Fsp3) is 0.714. The van der Waals surface area contributed by atoms with E-state index in [1.165, 1.54) is 7.11 Å². The Bertz CT molecular complexity index is 511. The maximum Gasteiger partial charge on any atom is 0.516 e. The number of ether oxygens (including phenoxy) is 1. The van der Waals surface area contributed by atoms with Crippen molar-refractivity contribution in [2.24, 2.45) is 0 Å². The van der Waals surface area contributed by atoms with Gasteiger partial charge in [-0.05, 0) is 40.2 Å². The average Bonchev–Trinajstić information content (AvgIpc) is 2.94. The Morgan fingerprint density at radius 3 is 2.43 bits per heavy atom. The third-order valence-corrected chi connectivity index (χ3v) is 4.30. The van der Waals surface area contributed by atoms with Crippen LogP contribution in [0.3, 0.4) is 0 Å². The van der Waals surface area contributed by atoms with Crippen molar-refractivity contribution in [3.05, 3.63) is 12.3 Å². The first-order valence-corrected chi connectivity index (χ1v) is 7.20. The Balaban J connectivity index is 2.20. The number of hydrogen-bond acceptors (Lipinski definition) is 5. The van der Waals surface area contributed by atoms with Crippen LogP contribution in [-0.2, 0) is 18.8 Å². The molecular weight excluding hydrogens is 271 g/mol. The summed E-state index contributed by atoms with van der Waals surface area (Å²) in [6, 6.07) is 1.39. The fourth-order valence-electron chi connectivity index (χ4n) is 2.21. The van der Waals surface area contributed by atoms with Crippen LogP contribution in [0.15, 0.2) is 12.3 Å². The van der Waals surface area contributed by atoms with Crippen LogP contribution in [0.5, 0.6) is 0 Å². The van der Waals surface area contributed by atoms with Crippen LogP contribution in [0.2, 0.25) is 0 Å². The third kappa shape index (κ3) is 2.85. The molecule has 1 unspecified atom stereocenters. The van der Waals surface area contributed by atoms with Crippen LogP contribution in [-0.4, -0.2) is 41.2 Å². The summed E-state index contributed by atoms with van der Waals surface area (Å²) in [5.74, 6) is -0.305. The molecule has 2 heterocycles. The van der Waals surface area contributed by atoms with Gasteiger partial charge in [-0.15, -0.1) is 0 Å². The lowest BCUT2D eigenvalue weighted by atomic mass is 9.85. The molecule has 6 nitrogen and oxygen atoms in total. The van der Waals surface area contributed by atoms with Crippen LogP contribution >= 0.6 is 0 Å². The van der Waals surface area contributed by atoms with Crippen molar-refractivity contribution in [1.29, 1.82) is 0 Å². The smallest absolute Gasteiger partial charge is 0.467 e. The van der Waals surface area contributed by atoms with Crippen LogP contribution < -0.4 is 5.59 Å². The number of hydrogen-bond donors (Lipinski definition) is 0. The number of methoxy groups -OCH3 is 1. The standard InChI is InChI=1S/C14H23BN2O4/c1-7-10(12(18)19-6)17-9-8-11(16-17)15-20-13(2,3)14(4,5)21-15/h8-10H,7H2,1-6H3. The lowest BCUT2D eigenvalue weighted by molar-refractivity contribution is -0.145. The third-order valence-electron chi connectivity index (χ3n) is 4.30. The molecule has 21 heavy (non-hydrogen) atoms. The van der Waals surface area contributed by atoms with Gasteiger partial charge >= 0.3 is 13.1 Å². The summed E-state index contributed by atoms with van der Waals surface area (Å²) < 4.78 is 18.3. The first-order chi connectivity index (χ1) is 9.71. The van der Waals surface area contributed by atoms with Crippen molar-refractivity contribution >= 4 is 18.7 Å². The van der Waals surface area contributed by atoms with E-state index in [1.54, 1.807) is 10.9 Å². The van der Waals surface area contributed by atoms with Crippen molar-refractivity contribution in [1.82, 2.24) is 9.78 Å². The molecule has 0 radical (unpaired) electrons. The summed E-state index contributed by atoms with van der Waals surface area (Å²) in [7, 11) is 0.857. The van der Waals surface area contributed by atoms with E-state index in [4.69, 9.17) is 14.0 Å². The minimum Gasteiger partial charge on any atom is -0.467 e. The maximum absolute atomic E-state index is 11.7. The summed E-state index contributed by atoms with van der Waals surface area (Å²) in [5, 5.41) is 4.43. The van der Waals surface area contributed by atoms with E-state index < -0.39 is 24.4 Å². The van der Waals surface area contributed by atoms with Crippen molar-refractivity contribution in [3.63, 3.8) is 0 Å². The molecule has 1 aliphatic heterocycles. The Hall–Kier alpha value is -1.34. The molecule has 0 amide bonds. The molecule has 1 aromatic heterocycles. The fourth-order valence-corrected chi connectivity index (χ4v) is 2.21. The molecule has 1 fully saturated rings. The zero-order valence-corrected chi connectivity index (χ0v) is 13.5. The molecule has 116 valence electrons. The van der Waals surface area contributed by atoms with Crippen molar-refractivity contribution < 1.29 is 18.8 Å². The van der Waals surface area contributed by atoms with Crippen LogP contribution in [0.25, 0.3) is 0 Å². The van der Waals surface area contributed by atoms with Gasteiger partial charge in [0.2, 0.25) is 0 Å². The molecule has 0 N–H and O–H groups in total. The lowest BCUT2D eigenvalue weighted by Gasteiger charge is -2.32. The maximum atomic E-state index is 11.7. The zero-order valence-electron chi connectivity index (χ0n) is 13.5. The molecular formula is C14H23BN2O4. The van der Waals surface area contributed by atoms with Gasteiger partial charge in [0.15, 0.2) is 0 Å². The number of aromatic nitrogens is 2. The predicted molar refractivity (Wildman–Crippen MR) is 79.3 cm³/mol. The van der Waals surface area contributed by atoms with Crippen LogP contribution in [0.1, 0.15) is 47.1 Å². The SMILES string of the molecule is CCC(C(=O)OC)n1ccc(B2OC(C)(C)C(C)(C)O2)n1. The van der Waals surface area contributed by atoms with Crippen LogP contribution in [0.4, 0.5) is 0 Å². The topological polar surface area (TPSA) is 62.6 Å². The quantitative estimate of drug-likeness (QED) is 0.619. The Morgan fingerprint density at radius 2 is 1.95 bits per heavy atom.